The van der Waals surface area contributed by atoms with Gasteiger partial charge in [-0.15, -0.1) is 6.42 Å². The summed E-state index contributed by atoms with van der Waals surface area (Å²) in [6, 6.07) is 16.6. The van der Waals surface area contributed by atoms with Crippen molar-refractivity contribution in [2.75, 3.05) is 5.32 Å². The van der Waals surface area contributed by atoms with Crippen LogP contribution in [-0.4, -0.2) is 9.97 Å². The lowest BCUT2D eigenvalue weighted by atomic mass is 10.2. The Hall–Kier alpha value is -3.62. The predicted octanol–water partition coefficient (Wildman–Crippen LogP) is 5.94. The highest BCUT2D eigenvalue weighted by Crippen LogP contribution is 2.35. The molecule has 4 nitrogen and oxygen atoms in total. The van der Waals surface area contributed by atoms with E-state index in [2.05, 4.69) is 21.2 Å². The standard InChI is InChI=1S/C22H13ClFN3O/c1-2-14-4-3-5-16(10-14)27-22-18-11-21(19(23)12-20(18)25-13-26-22)28-17-8-6-15(24)7-9-17/h1,3-13H,(H,25,26,27). The van der Waals surface area contributed by atoms with Crippen LogP contribution >= 0.6 is 11.6 Å². The molecule has 136 valence electrons. The monoisotopic (exact) mass is 389 g/mol. The van der Waals surface area contributed by atoms with Crippen molar-refractivity contribution in [2.24, 2.45) is 0 Å². The van der Waals surface area contributed by atoms with Gasteiger partial charge in [0.25, 0.3) is 0 Å². The predicted molar refractivity (Wildman–Crippen MR) is 109 cm³/mol. The second-order valence-corrected chi connectivity index (χ2v) is 6.34. The van der Waals surface area contributed by atoms with Crippen molar-refractivity contribution in [2.45, 2.75) is 0 Å². The average Bonchev–Trinajstić information content (AvgIpc) is 2.71. The second-order valence-electron chi connectivity index (χ2n) is 5.93. The van der Waals surface area contributed by atoms with E-state index >= 15 is 0 Å². The molecule has 6 heteroatoms. The Morgan fingerprint density at radius 1 is 1.04 bits per heavy atom. The number of terminal acetylenes is 1. The number of anilines is 2. The van der Waals surface area contributed by atoms with Gasteiger partial charge >= 0.3 is 0 Å². The average molecular weight is 390 g/mol. The molecule has 0 unspecified atom stereocenters. The molecule has 3 aromatic carbocycles. The summed E-state index contributed by atoms with van der Waals surface area (Å²) >= 11 is 6.33. The molecule has 28 heavy (non-hydrogen) atoms. The van der Waals surface area contributed by atoms with E-state index in [1.54, 1.807) is 12.1 Å². The zero-order chi connectivity index (χ0) is 19.5. The maximum absolute atomic E-state index is 13.1. The van der Waals surface area contributed by atoms with Crippen molar-refractivity contribution in [3.8, 4) is 23.8 Å². The molecule has 0 aliphatic heterocycles. The Morgan fingerprint density at radius 3 is 2.64 bits per heavy atom. The molecule has 0 fully saturated rings. The van der Waals surface area contributed by atoms with E-state index in [4.69, 9.17) is 22.8 Å². The normalized spacial score (nSPS) is 10.5. The number of nitrogens with zero attached hydrogens (tertiary/aromatic N) is 2. The van der Waals surface area contributed by atoms with Crippen LogP contribution in [0.3, 0.4) is 0 Å². The highest BCUT2D eigenvalue weighted by Gasteiger charge is 2.11. The smallest absolute Gasteiger partial charge is 0.146 e. The summed E-state index contributed by atoms with van der Waals surface area (Å²) in [6.07, 6.45) is 6.91. The first-order valence-corrected chi connectivity index (χ1v) is 8.71. The van der Waals surface area contributed by atoms with Crippen LogP contribution in [0.25, 0.3) is 10.9 Å². The van der Waals surface area contributed by atoms with E-state index in [0.717, 1.165) is 16.6 Å². The topological polar surface area (TPSA) is 47.0 Å². The molecule has 1 heterocycles. The minimum absolute atomic E-state index is 0.342. The van der Waals surface area contributed by atoms with Gasteiger partial charge in [0.2, 0.25) is 0 Å². The van der Waals surface area contributed by atoms with Crippen molar-refractivity contribution in [1.29, 1.82) is 0 Å². The zero-order valence-corrected chi connectivity index (χ0v) is 15.2. The number of hydrogen-bond donors (Lipinski definition) is 1. The molecule has 0 saturated carbocycles. The molecule has 0 radical (unpaired) electrons. The first-order chi connectivity index (χ1) is 13.6. The van der Waals surface area contributed by atoms with E-state index < -0.39 is 0 Å². The minimum atomic E-state index is -0.342. The van der Waals surface area contributed by atoms with Crippen LogP contribution in [0.1, 0.15) is 5.56 Å². The quantitative estimate of drug-likeness (QED) is 0.439. The third-order valence-corrected chi connectivity index (χ3v) is 4.32. The summed E-state index contributed by atoms with van der Waals surface area (Å²) in [7, 11) is 0. The Morgan fingerprint density at radius 2 is 1.86 bits per heavy atom. The van der Waals surface area contributed by atoms with Crippen LogP contribution in [0.15, 0.2) is 67.0 Å². The third-order valence-electron chi connectivity index (χ3n) is 4.02. The number of nitrogens with one attached hydrogen (secondary N) is 1. The third kappa shape index (κ3) is 3.73. The van der Waals surface area contributed by atoms with E-state index in [9.17, 15) is 4.39 Å². The molecule has 0 aliphatic carbocycles. The molecular formula is C22H13ClFN3O. The Labute approximate surface area is 166 Å². The number of fused-ring (bicyclic) bond motifs is 1. The number of rotatable bonds is 4. The number of ether oxygens (including phenoxy) is 1. The van der Waals surface area contributed by atoms with Crippen molar-refractivity contribution < 1.29 is 9.13 Å². The molecule has 0 aliphatic rings. The fraction of sp³-hybridized carbons (Fsp3) is 0. The lowest BCUT2D eigenvalue weighted by Gasteiger charge is -2.12. The SMILES string of the molecule is C#Cc1cccc(Nc2ncnc3cc(Cl)c(Oc4ccc(F)cc4)cc23)c1. The number of aromatic nitrogens is 2. The fourth-order valence-electron chi connectivity index (χ4n) is 2.69. The lowest BCUT2D eigenvalue weighted by Crippen LogP contribution is -1.97. The molecule has 0 bridgehead atoms. The van der Waals surface area contributed by atoms with Crippen LogP contribution in [0, 0.1) is 18.2 Å². The van der Waals surface area contributed by atoms with Crippen LogP contribution < -0.4 is 10.1 Å². The summed E-state index contributed by atoms with van der Waals surface area (Å²) in [4.78, 5) is 8.59. The van der Waals surface area contributed by atoms with E-state index in [-0.39, 0.29) is 5.82 Å². The van der Waals surface area contributed by atoms with Crippen molar-refractivity contribution in [3.63, 3.8) is 0 Å². The van der Waals surface area contributed by atoms with Gasteiger partial charge in [0.15, 0.2) is 0 Å². The highest BCUT2D eigenvalue weighted by molar-refractivity contribution is 6.33. The summed E-state index contributed by atoms with van der Waals surface area (Å²) in [5, 5.41) is 4.35. The molecular weight excluding hydrogens is 377 g/mol. The second kappa shape index (κ2) is 7.55. The molecule has 0 spiro atoms. The number of benzene rings is 3. The minimum Gasteiger partial charge on any atom is -0.456 e. The van der Waals surface area contributed by atoms with Gasteiger partial charge in [0.05, 0.1) is 10.5 Å². The highest BCUT2D eigenvalue weighted by atomic mass is 35.5. The summed E-state index contributed by atoms with van der Waals surface area (Å²) in [6.45, 7) is 0. The molecule has 1 N–H and O–H groups in total. The molecule has 0 amide bonds. The molecule has 4 rings (SSSR count). The number of hydrogen-bond acceptors (Lipinski definition) is 4. The molecule has 1 aromatic heterocycles. The van der Waals surface area contributed by atoms with Gasteiger partial charge in [-0.05, 0) is 54.6 Å². The Balaban J connectivity index is 1.73. The van der Waals surface area contributed by atoms with Gasteiger partial charge < -0.3 is 10.1 Å². The first-order valence-electron chi connectivity index (χ1n) is 8.34. The van der Waals surface area contributed by atoms with Crippen molar-refractivity contribution >= 4 is 34.0 Å². The summed E-state index contributed by atoms with van der Waals surface area (Å²) in [5.41, 5.74) is 2.21. The molecule has 0 atom stereocenters. The van der Waals surface area contributed by atoms with Gasteiger partial charge in [-0.25, -0.2) is 14.4 Å². The first kappa shape index (κ1) is 17.8. The van der Waals surface area contributed by atoms with Crippen LogP contribution in [0.4, 0.5) is 15.9 Å². The van der Waals surface area contributed by atoms with Gasteiger partial charge in [0.1, 0.15) is 29.5 Å². The lowest BCUT2D eigenvalue weighted by molar-refractivity contribution is 0.481. The van der Waals surface area contributed by atoms with Gasteiger partial charge in [-0.2, -0.15) is 0 Å². The zero-order valence-electron chi connectivity index (χ0n) is 14.5. The molecule has 4 aromatic rings. The van der Waals surface area contributed by atoms with E-state index in [1.807, 2.05) is 24.3 Å². The Bertz CT molecular complexity index is 1200. The van der Waals surface area contributed by atoms with Crippen LogP contribution in [0.2, 0.25) is 5.02 Å². The summed E-state index contributed by atoms with van der Waals surface area (Å²) < 4.78 is 18.9. The van der Waals surface area contributed by atoms with Gasteiger partial charge in [0, 0.05) is 16.6 Å². The van der Waals surface area contributed by atoms with Crippen molar-refractivity contribution in [1.82, 2.24) is 9.97 Å². The van der Waals surface area contributed by atoms with Crippen molar-refractivity contribution in [3.05, 3.63) is 83.4 Å². The Kier molecular flexibility index (Phi) is 4.79. The van der Waals surface area contributed by atoms with E-state index in [1.165, 1.54) is 30.6 Å². The van der Waals surface area contributed by atoms with Gasteiger partial charge in [-0.3, -0.25) is 0 Å². The van der Waals surface area contributed by atoms with E-state index in [0.29, 0.717) is 27.9 Å². The number of halogens is 2. The largest absolute Gasteiger partial charge is 0.456 e. The van der Waals surface area contributed by atoms with Gasteiger partial charge in [-0.1, -0.05) is 23.6 Å². The van der Waals surface area contributed by atoms with Crippen LogP contribution in [-0.2, 0) is 0 Å². The molecule has 0 saturated heterocycles. The maximum atomic E-state index is 13.1. The summed E-state index contributed by atoms with van der Waals surface area (Å²) in [5.74, 6) is 3.72. The van der Waals surface area contributed by atoms with Crippen LogP contribution in [0.5, 0.6) is 11.5 Å². The fourth-order valence-corrected chi connectivity index (χ4v) is 2.89. The maximum Gasteiger partial charge on any atom is 0.146 e.